The van der Waals surface area contributed by atoms with E-state index in [0.717, 1.165) is 36.2 Å². The molecule has 0 radical (unpaired) electrons. The number of aryl methyl sites for hydroxylation is 1. The highest BCUT2D eigenvalue weighted by Crippen LogP contribution is 2.33. The molecule has 4 rings (SSSR count). The molecular formula is C18H20N4O. The lowest BCUT2D eigenvalue weighted by Gasteiger charge is -2.20. The minimum atomic E-state index is 0.428. The molecule has 1 aliphatic rings. The first kappa shape index (κ1) is 14.1. The van der Waals surface area contributed by atoms with Crippen molar-refractivity contribution in [2.24, 2.45) is 0 Å². The van der Waals surface area contributed by atoms with Gasteiger partial charge < -0.3 is 9.64 Å². The molecule has 0 N–H and O–H groups in total. The van der Waals surface area contributed by atoms with E-state index in [0.29, 0.717) is 6.04 Å². The van der Waals surface area contributed by atoms with E-state index < -0.39 is 0 Å². The predicted molar refractivity (Wildman–Crippen MR) is 91.1 cm³/mol. The average molecular weight is 308 g/mol. The Balaban J connectivity index is 1.67. The Labute approximate surface area is 135 Å². The highest BCUT2D eigenvalue weighted by atomic mass is 16.5. The molecule has 1 saturated heterocycles. The lowest BCUT2D eigenvalue weighted by Crippen LogP contribution is -2.21. The number of fused-ring (bicyclic) bond motifs is 1. The van der Waals surface area contributed by atoms with Crippen LogP contribution in [-0.4, -0.2) is 35.0 Å². The van der Waals surface area contributed by atoms with Gasteiger partial charge in [-0.2, -0.15) is 5.10 Å². The maximum Gasteiger partial charge on any atom is 0.119 e. The van der Waals surface area contributed by atoms with Gasteiger partial charge in [-0.05, 0) is 43.2 Å². The Bertz CT molecular complexity index is 842. The predicted octanol–water partition coefficient (Wildman–Crippen LogP) is 3.20. The summed E-state index contributed by atoms with van der Waals surface area (Å²) < 4.78 is 7.47. The summed E-state index contributed by atoms with van der Waals surface area (Å²) in [7, 11) is 1.70. The first-order chi connectivity index (χ1) is 11.2. The lowest BCUT2D eigenvalue weighted by molar-refractivity contribution is 0.415. The maximum atomic E-state index is 5.37. The Kier molecular flexibility index (Phi) is 3.41. The van der Waals surface area contributed by atoms with E-state index in [1.54, 1.807) is 7.11 Å². The van der Waals surface area contributed by atoms with E-state index in [1.807, 2.05) is 24.5 Å². The molecule has 5 heteroatoms. The second-order valence-electron chi connectivity index (χ2n) is 6.10. The quantitative estimate of drug-likeness (QED) is 0.745. The molecular weight excluding hydrogens is 288 g/mol. The van der Waals surface area contributed by atoms with Crippen LogP contribution in [-0.2, 0) is 0 Å². The number of benzene rings is 1. The van der Waals surface area contributed by atoms with Crippen molar-refractivity contribution >= 4 is 16.6 Å². The lowest BCUT2D eigenvalue weighted by atomic mass is 10.1. The first-order valence-electron chi connectivity index (χ1n) is 7.93. The van der Waals surface area contributed by atoms with Crippen molar-refractivity contribution in [3.63, 3.8) is 0 Å². The fraction of sp³-hybridized carbons (Fsp3) is 0.333. The molecule has 3 heterocycles. The zero-order valence-electron chi connectivity index (χ0n) is 13.4. The standard InChI is InChI=1S/C18H20N4O/c1-13-10-20-22(11-13)14-6-8-21(12-14)18-5-7-19-17-4-3-15(23-2)9-16(17)18/h3-5,7,9-11,14H,6,8,12H2,1-2H3. The van der Waals surface area contributed by atoms with Crippen molar-refractivity contribution in [1.82, 2.24) is 14.8 Å². The maximum absolute atomic E-state index is 5.37. The van der Waals surface area contributed by atoms with Crippen molar-refractivity contribution in [3.05, 3.63) is 48.4 Å². The van der Waals surface area contributed by atoms with Gasteiger partial charge in [-0.15, -0.1) is 0 Å². The van der Waals surface area contributed by atoms with Gasteiger partial charge in [0.25, 0.3) is 0 Å². The fourth-order valence-corrected chi connectivity index (χ4v) is 3.32. The normalized spacial score (nSPS) is 17.8. The van der Waals surface area contributed by atoms with E-state index >= 15 is 0 Å². The second-order valence-corrected chi connectivity index (χ2v) is 6.10. The van der Waals surface area contributed by atoms with Gasteiger partial charge in [-0.3, -0.25) is 9.67 Å². The second kappa shape index (κ2) is 5.57. The Morgan fingerprint density at radius 1 is 1.26 bits per heavy atom. The van der Waals surface area contributed by atoms with Crippen LogP contribution in [0.25, 0.3) is 10.9 Å². The van der Waals surface area contributed by atoms with E-state index in [4.69, 9.17) is 4.74 Å². The summed E-state index contributed by atoms with van der Waals surface area (Å²) in [6.07, 6.45) is 7.04. The van der Waals surface area contributed by atoms with Gasteiger partial charge in [-0.1, -0.05) is 0 Å². The van der Waals surface area contributed by atoms with Crippen molar-refractivity contribution in [3.8, 4) is 5.75 Å². The number of nitrogens with zero attached hydrogens (tertiary/aromatic N) is 4. The Hall–Kier alpha value is -2.56. The SMILES string of the molecule is COc1ccc2nccc(N3CCC(n4cc(C)cn4)C3)c2c1. The summed E-state index contributed by atoms with van der Waals surface area (Å²) >= 11 is 0. The van der Waals surface area contributed by atoms with E-state index in [1.165, 1.54) is 11.3 Å². The van der Waals surface area contributed by atoms with Crippen molar-refractivity contribution < 1.29 is 4.74 Å². The van der Waals surface area contributed by atoms with Crippen LogP contribution in [0.3, 0.4) is 0 Å². The molecule has 1 aromatic carbocycles. The third kappa shape index (κ3) is 2.52. The molecule has 5 nitrogen and oxygen atoms in total. The number of hydrogen-bond acceptors (Lipinski definition) is 4. The molecule has 3 aromatic rings. The van der Waals surface area contributed by atoms with Crippen LogP contribution < -0.4 is 9.64 Å². The molecule has 1 fully saturated rings. The van der Waals surface area contributed by atoms with Crippen LogP contribution in [0.5, 0.6) is 5.75 Å². The molecule has 23 heavy (non-hydrogen) atoms. The first-order valence-corrected chi connectivity index (χ1v) is 7.93. The number of ether oxygens (including phenoxy) is 1. The minimum absolute atomic E-state index is 0.428. The van der Waals surface area contributed by atoms with Crippen LogP contribution in [0.4, 0.5) is 5.69 Å². The highest BCUT2D eigenvalue weighted by Gasteiger charge is 2.25. The van der Waals surface area contributed by atoms with Crippen molar-refractivity contribution in [1.29, 1.82) is 0 Å². The zero-order chi connectivity index (χ0) is 15.8. The smallest absolute Gasteiger partial charge is 0.119 e. The average Bonchev–Trinajstić information content (AvgIpc) is 3.22. The Morgan fingerprint density at radius 2 is 2.17 bits per heavy atom. The van der Waals surface area contributed by atoms with Gasteiger partial charge in [0.2, 0.25) is 0 Å². The van der Waals surface area contributed by atoms with Crippen LogP contribution in [0.2, 0.25) is 0 Å². The van der Waals surface area contributed by atoms with Gasteiger partial charge in [-0.25, -0.2) is 0 Å². The van der Waals surface area contributed by atoms with Crippen LogP contribution in [0.1, 0.15) is 18.0 Å². The zero-order valence-corrected chi connectivity index (χ0v) is 13.4. The van der Waals surface area contributed by atoms with Crippen LogP contribution >= 0.6 is 0 Å². The van der Waals surface area contributed by atoms with Crippen LogP contribution in [0.15, 0.2) is 42.9 Å². The number of methoxy groups -OCH3 is 1. The number of pyridine rings is 1. The van der Waals surface area contributed by atoms with Crippen molar-refractivity contribution in [2.45, 2.75) is 19.4 Å². The molecule has 1 unspecified atom stereocenters. The molecule has 2 aromatic heterocycles. The van der Waals surface area contributed by atoms with Gasteiger partial charge in [0, 0.05) is 36.6 Å². The summed E-state index contributed by atoms with van der Waals surface area (Å²) in [5, 5.41) is 5.62. The topological polar surface area (TPSA) is 43.2 Å². The Morgan fingerprint density at radius 3 is 2.96 bits per heavy atom. The summed E-state index contributed by atoms with van der Waals surface area (Å²) in [6.45, 7) is 4.08. The molecule has 0 saturated carbocycles. The van der Waals surface area contributed by atoms with Gasteiger partial charge >= 0.3 is 0 Å². The molecule has 118 valence electrons. The number of aromatic nitrogens is 3. The van der Waals surface area contributed by atoms with Gasteiger partial charge in [0.1, 0.15) is 5.75 Å². The number of hydrogen-bond donors (Lipinski definition) is 0. The number of rotatable bonds is 3. The highest BCUT2D eigenvalue weighted by molar-refractivity contribution is 5.92. The monoisotopic (exact) mass is 308 g/mol. The third-order valence-corrected chi connectivity index (χ3v) is 4.53. The van der Waals surface area contributed by atoms with Crippen molar-refractivity contribution in [2.75, 3.05) is 25.1 Å². The molecule has 0 amide bonds. The summed E-state index contributed by atoms with van der Waals surface area (Å²) in [5.74, 6) is 0.866. The molecule has 1 aliphatic heterocycles. The van der Waals surface area contributed by atoms with E-state index in [-0.39, 0.29) is 0 Å². The van der Waals surface area contributed by atoms with E-state index in [9.17, 15) is 0 Å². The van der Waals surface area contributed by atoms with E-state index in [2.05, 4.69) is 44.9 Å². The number of anilines is 1. The van der Waals surface area contributed by atoms with Gasteiger partial charge in [0.15, 0.2) is 0 Å². The third-order valence-electron chi connectivity index (χ3n) is 4.53. The summed E-state index contributed by atoms with van der Waals surface area (Å²) in [4.78, 5) is 6.89. The largest absolute Gasteiger partial charge is 0.497 e. The fourth-order valence-electron chi connectivity index (χ4n) is 3.32. The molecule has 0 aliphatic carbocycles. The minimum Gasteiger partial charge on any atom is -0.497 e. The molecule has 1 atom stereocenters. The summed E-state index contributed by atoms with van der Waals surface area (Å²) in [5.41, 5.74) is 3.43. The molecule has 0 bridgehead atoms. The summed E-state index contributed by atoms with van der Waals surface area (Å²) in [6, 6.07) is 8.57. The van der Waals surface area contributed by atoms with Crippen LogP contribution in [0, 0.1) is 6.92 Å². The molecule has 0 spiro atoms. The van der Waals surface area contributed by atoms with Gasteiger partial charge in [0.05, 0.1) is 24.9 Å².